The number of carbonyl (C=O) groups is 1. The van der Waals surface area contributed by atoms with E-state index in [1.807, 2.05) is 19.1 Å². The van der Waals surface area contributed by atoms with E-state index in [4.69, 9.17) is 9.57 Å². The van der Waals surface area contributed by atoms with Crippen LogP contribution >= 0.6 is 0 Å². The fourth-order valence-corrected chi connectivity index (χ4v) is 3.81. The molecule has 124 valence electrons. The van der Waals surface area contributed by atoms with Gasteiger partial charge < -0.3 is 9.64 Å². The minimum Gasteiger partial charge on any atom is -0.380 e. The Balaban J connectivity index is 1.49. The van der Waals surface area contributed by atoms with Crippen LogP contribution in [0.2, 0.25) is 0 Å². The molecule has 7 nitrogen and oxygen atoms in total. The smallest absolute Gasteiger partial charge is 0.251 e. The van der Waals surface area contributed by atoms with Crippen molar-refractivity contribution in [2.45, 2.75) is 13.3 Å². The van der Waals surface area contributed by atoms with Crippen LogP contribution < -0.4 is 4.90 Å². The summed E-state index contributed by atoms with van der Waals surface area (Å²) in [6.07, 6.45) is 0.915. The summed E-state index contributed by atoms with van der Waals surface area (Å²) in [5, 5.41) is 9.95. The molecule has 0 saturated carbocycles. The molecule has 0 unspecified atom stereocenters. The Morgan fingerprint density at radius 3 is 2.91 bits per heavy atom. The summed E-state index contributed by atoms with van der Waals surface area (Å²) < 4.78 is 5.71. The van der Waals surface area contributed by atoms with Crippen LogP contribution in [0.4, 0.5) is 5.82 Å². The predicted octanol–water partition coefficient (Wildman–Crippen LogP) is 0.648. The average Bonchev–Trinajstić information content (AvgIpc) is 3.24. The zero-order valence-electron chi connectivity index (χ0n) is 13.4. The van der Waals surface area contributed by atoms with E-state index in [9.17, 15) is 4.79 Å². The Bertz CT molecular complexity index is 573. The first-order valence-corrected chi connectivity index (χ1v) is 8.29. The Kier molecular flexibility index (Phi) is 3.90. The molecule has 0 spiro atoms. The highest BCUT2D eigenvalue weighted by molar-refractivity contribution is 5.79. The van der Waals surface area contributed by atoms with Gasteiger partial charge in [-0.15, -0.1) is 5.10 Å². The van der Waals surface area contributed by atoms with Gasteiger partial charge in [0.2, 0.25) is 0 Å². The van der Waals surface area contributed by atoms with Crippen molar-refractivity contribution in [3.63, 3.8) is 0 Å². The van der Waals surface area contributed by atoms with Gasteiger partial charge in [0.25, 0.3) is 5.91 Å². The number of carbonyl (C=O) groups excluding carboxylic acids is 1. The van der Waals surface area contributed by atoms with Crippen molar-refractivity contribution in [1.82, 2.24) is 15.3 Å². The lowest BCUT2D eigenvalue weighted by molar-refractivity contribution is -0.181. The van der Waals surface area contributed by atoms with Gasteiger partial charge in [0.15, 0.2) is 5.82 Å². The minimum absolute atomic E-state index is 0.0778. The third-order valence-corrected chi connectivity index (χ3v) is 5.06. The van der Waals surface area contributed by atoms with E-state index in [1.54, 1.807) is 0 Å². The highest BCUT2D eigenvalue weighted by Crippen LogP contribution is 2.37. The van der Waals surface area contributed by atoms with Crippen LogP contribution in [0.25, 0.3) is 0 Å². The largest absolute Gasteiger partial charge is 0.380 e. The van der Waals surface area contributed by atoms with E-state index in [1.165, 1.54) is 5.06 Å². The molecule has 0 N–H and O–H groups in total. The van der Waals surface area contributed by atoms with Crippen LogP contribution in [-0.2, 0) is 14.4 Å². The first-order chi connectivity index (χ1) is 11.2. The molecule has 7 heteroatoms. The van der Waals surface area contributed by atoms with Crippen molar-refractivity contribution in [3.8, 4) is 0 Å². The molecular weight excluding hydrogens is 296 g/mol. The number of aromatic nitrogens is 2. The van der Waals surface area contributed by atoms with E-state index < -0.39 is 0 Å². The number of aryl methyl sites for hydroxylation is 1. The second kappa shape index (κ2) is 6.05. The summed E-state index contributed by atoms with van der Waals surface area (Å²) in [6, 6.07) is 3.97. The van der Waals surface area contributed by atoms with Crippen molar-refractivity contribution >= 4 is 11.7 Å². The number of rotatable bonds is 2. The minimum atomic E-state index is -0.116. The number of fused-ring (bicyclic) bond motifs is 1. The molecule has 3 atom stereocenters. The summed E-state index contributed by atoms with van der Waals surface area (Å²) in [5.74, 6) is 1.50. The van der Waals surface area contributed by atoms with Crippen molar-refractivity contribution in [3.05, 3.63) is 17.8 Å². The highest BCUT2D eigenvalue weighted by atomic mass is 16.7. The number of amides is 1. The molecule has 4 heterocycles. The maximum Gasteiger partial charge on any atom is 0.251 e. The molecule has 3 aliphatic rings. The van der Waals surface area contributed by atoms with Crippen molar-refractivity contribution in [2.24, 2.45) is 17.8 Å². The van der Waals surface area contributed by atoms with Gasteiger partial charge in [-0.1, -0.05) is 0 Å². The average molecular weight is 318 g/mol. The molecule has 1 aromatic heterocycles. The summed E-state index contributed by atoms with van der Waals surface area (Å²) in [5.41, 5.74) is 0.910. The number of ether oxygens (including phenoxy) is 1. The number of hydrogen-bond donors (Lipinski definition) is 0. The Morgan fingerprint density at radius 1 is 1.26 bits per heavy atom. The van der Waals surface area contributed by atoms with Crippen molar-refractivity contribution in [2.75, 3.05) is 44.4 Å². The Morgan fingerprint density at radius 2 is 2.17 bits per heavy atom. The molecule has 0 radical (unpaired) electrons. The van der Waals surface area contributed by atoms with Gasteiger partial charge in [-0.3, -0.25) is 9.63 Å². The third kappa shape index (κ3) is 2.79. The quantitative estimate of drug-likeness (QED) is 0.797. The molecule has 0 aromatic carbocycles. The molecule has 1 amide bonds. The number of anilines is 1. The van der Waals surface area contributed by atoms with Gasteiger partial charge in [-0.25, -0.2) is 5.06 Å². The van der Waals surface area contributed by atoms with E-state index in [0.29, 0.717) is 38.2 Å². The fourth-order valence-electron chi connectivity index (χ4n) is 3.81. The Hall–Kier alpha value is -1.73. The Labute approximate surface area is 135 Å². The molecule has 23 heavy (non-hydrogen) atoms. The number of hydroxylamine groups is 2. The molecule has 3 fully saturated rings. The molecular formula is C16H22N4O3. The van der Waals surface area contributed by atoms with E-state index >= 15 is 0 Å². The lowest BCUT2D eigenvalue weighted by atomic mass is 9.82. The van der Waals surface area contributed by atoms with Crippen LogP contribution in [0.1, 0.15) is 12.1 Å². The standard InChI is InChI=1S/C16H22N4O3/c1-11-3-4-15(18-17-11)19-7-12-9-22-10-14(13(12)8-19)16(21)20-5-2-6-23-20/h3-4,12-14H,2,5-10H2,1H3/t12-,13-,14+/m1/s1. The maximum absolute atomic E-state index is 12.7. The van der Waals surface area contributed by atoms with E-state index in [2.05, 4.69) is 15.1 Å². The first kappa shape index (κ1) is 14.8. The second-order valence-electron chi connectivity index (χ2n) is 6.63. The third-order valence-electron chi connectivity index (χ3n) is 5.06. The highest BCUT2D eigenvalue weighted by Gasteiger charge is 2.46. The SMILES string of the molecule is Cc1ccc(N2C[C@@H]3COC[C@H](C(=O)N4CCCO4)[C@@H]3C2)nn1. The molecule has 3 saturated heterocycles. The maximum atomic E-state index is 12.7. The van der Waals surface area contributed by atoms with Gasteiger partial charge >= 0.3 is 0 Å². The molecule has 3 aliphatic heterocycles. The van der Waals surface area contributed by atoms with Gasteiger partial charge in [0.1, 0.15) is 0 Å². The van der Waals surface area contributed by atoms with Crippen LogP contribution in [0.3, 0.4) is 0 Å². The number of nitrogens with zero attached hydrogens (tertiary/aromatic N) is 4. The van der Waals surface area contributed by atoms with Crippen LogP contribution in [-0.4, -0.2) is 60.6 Å². The normalized spacial score (nSPS) is 30.6. The lowest BCUT2D eigenvalue weighted by Crippen LogP contribution is -2.45. The predicted molar refractivity (Wildman–Crippen MR) is 82.6 cm³/mol. The van der Waals surface area contributed by atoms with Crippen LogP contribution in [0.5, 0.6) is 0 Å². The topological polar surface area (TPSA) is 67.8 Å². The zero-order chi connectivity index (χ0) is 15.8. The summed E-state index contributed by atoms with van der Waals surface area (Å²) in [6.45, 7) is 6.17. The van der Waals surface area contributed by atoms with Crippen molar-refractivity contribution < 1.29 is 14.4 Å². The molecule has 0 bridgehead atoms. The number of hydrogen-bond acceptors (Lipinski definition) is 6. The second-order valence-corrected chi connectivity index (χ2v) is 6.63. The van der Waals surface area contributed by atoms with Gasteiger partial charge in [0, 0.05) is 19.0 Å². The molecule has 0 aliphatic carbocycles. The zero-order valence-corrected chi connectivity index (χ0v) is 13.4. The van der Waals surface area contributed by atoms with Gasteiger partial charge in [0.05, 0.1) is 38.0 Å². The molecule has 1 aromatic rings. The summed E-state index contributed by atoms with van der Waals surface area (Å²) in [7, 11) is 0. The van der Waals surface area contributed by atoms with Crippen LogP contribution in [0.15, 0.2) is 12.1 Å². The van der Waals surface area contributed by atoms with Gasteiger partial charge in [-0.05, 0) is 31.4 Å². The first-order valence-electron chi connectivity index (χ1n) is 8.29. The van der Waals surface area contributed by atoms with E-state index in [0.717, 1.165) is 31.0 Å². The van der Waals surface area contributed by atoms with Gasteiger partial charge in [-0.2, -0.15) is 5.10 Å². The molecule has 4 rings (SSSR count). The fraction of sp³-hybridized carbons (Fsp3) is 0.688. The van der Waals surface area contributed by atoms with Crippen LogP contribution in [0, 0.1) is 24.7 Å². The summed E-state index contributed by atoms with van der Waals surface area (Å²) >= 11 is 0. The monoisotopic (exact) mass is 318 g/mol. The lowest BCUT2D eigenvalue weighted by Gasteiger charge is -2.33. The summed E-state index contributed by atoms with van der Waals surface area (Å²) in [4.78, 5) is 20.4. The van der Waals surface area contributed by atoms with E-state index in [-0.39, 0.29) is 11.8 Å². The van der Waals surface area contributed by atoms with Crippen molar-refractivity contribution in [1.29, 1.82) is 0 Å².